The van der Waals surface area contributed by atoms with Gasteiger partial charge in [0.1, 0.15) is 5.69 Å². The van der Waals surface area contributed by atoms with E-state index in [-0.39, 0.29) is 11.7 Å². The Kier molecular flexibility index (Phi) is 5.34. The molecule has 2 N–H and O–H groups in total. The minimum atomic E-state index is -0.256. The molecule has 0 bridgehead atoms. The van der Waals surface area contributed by atoms with Gasteiger partial charge in [-0.05, 0) is 55.5 Å². The van der Waals surface area contributed by atoms with Crippen molar-refractivity contribution in [3.8, 4) is 0 Å². The second-order valence-corrected chi connectivity index (χ2v) is 5.69. The molecule has 3 aromatic rings. The molecule has 0 aliphatic rings. The summed E-state index contributed by atoms with van der Waals surface area (Å²) in [5.41, 5.74) is 3.37. The molecule has 0 radical (unpaired) electrons. The molecule has 2 aromatic heterocycles. The zero-order valence-electron chi connectivity index (χ0n) is 14.3. The van der Waals surface area contributed by atoms with Crippen LogP contribution in [0.5, 0.6) is 0 Å². The summed E-state index contributed by atoms with van der Waals surface area (Å²) in [5.74, 6) is -0.229. The highest BCUT2D eigenvalue weighted by atomic mass is 16.1. The summed E-state index contributed by atoms with van der Waals surface area (Å²) >= 11 is 0. The lowest BCUT2D eigenvalue weighted by atomic mass is 10.1. The molecular weight excluding hydrogens is 328 g/mol. The van der Waals surface area contributed by atoms with Gasteiger partial charge in [0.2, 0.25) is 0 Å². The maximum absolute atomic E-state index is 12.1. The summed E-state index contributed by atoms with van der Waals surface area (Å²) in [6.45, 7) is 1.88. The molecule has 6 nitrogen and oxygen atoms in total. The standard InChI is InChI=1S/C20H18N4O2/c1-14(25)15-5-7-16(8-6-15)24-18-9-10-19(22-13-18)20(26)23-12-17-4-2-3-11-21-17/h2-11,13,24H,12H2,1H3,(H,23,26). The summed E-state index contributed by atoms with van der Waals surface area (Å²) in [6.07, 6.45) is 3.28. The smallest absolute Gasteiger partial charge is 0.270 e. The number of aromatic nitrogens is 2. The molecule has 0 aliphatic heterocycles. The monoisotopic (exact) mass is 346 g/mol. The maximum Gasteiger partial charge on any atom is 0.270 e. The normalized spacial score (nSPS) is 10.2. The second kappa shape index (κ2) is 8.02. The van der Waals surface area contributed by atoms with Crippen LogP contribution in [-0.4, -0.2) is 21.7 Å². The van der Waals surface area contributed by atoms with Gasteiger partial charge in [-0.1, -0.05) is 6.07 Å². The lowest BCUT2D eigenvalue weighted by Gasteiger charge is -2.08. The van der Waals surface area contributed by atoms with E-state index in [0.717, 1.165) is 17.1 Å². The molecule has 1 aromatic carbocycles. The van der Waals surface area contributed by atoms with Crippen LogP contribution in [-0.2, 0) is 6.54 Å². The third-order valence-electron chi connectivity index (χ3n) is 3.73. The Labute approximate surface area is 151 Å². The average molecular weight is 346 g/mol. The van der Waals surface area contributed by atoms with Gasteiger partial charge in [0.25, 0.3) is 5.91 Å². The highest BCUT2D eigenvalue weighted by Crippen LogP contribution is 2.17. The first-order chi connectivity index (χ1) is 12.6. The van der Waals surface area contributed by atoms with Crippen molar-refractivity contribution in [2.24, 2.45) is 0 Å². The molecule has 0 fully saturated rings. The maximum atomic E-state index is 12.1. The van der Waals surface area contributed by atoms with E-state index in [0.29, 0.717) is 17.8 Å². The first-order valence-corrected chi connectivity index (χ1v) is 8.14. The molecule has 3 rings (SSSR count). The summed E-state index contributed by atoms with van der Waals surface area (Å²) in [5, 5.41) is 5.96. The fourth-order valence-corrected chi connectivity index (χ4v) is 2.32. The fourth-order valence-electron chi connectivity index (χ4n) is 2.32. The third-order valence-corrected chi connectivity index (χ3v) is 3.73. The van der Waals surface area contributed by atoms with E-state index in [9.17, 15) is 9.59 Å². The van der Waals surface area contributed by atoms with Crippen molar-refractivity contribution in [3.63, 3.8) is 0 Å². The van der Waals surface area contributed by atoms with Crippen LogP contribution in [0.3, 0.4) is 0 Å². The molecule has 0 saturated heterocycles. The Morgan fingerprint density at radius 3 is 2.31 bits per heavy atom. The van der Waals surface area contributed by atoms with Gasteiger partial charge in [0, 0.05) is 17.4 Å². The molecule has 130 valence electrons. The van der Waals surface area contributed by atoms with Crippen molar-refractivity contribution in [2.75, 3.05) is 5.32 Å². The molecule has 6 heteroatoms. The number of rotatable bonds is 6. The SMILES string of the molecule is CC(=O)c1ccc(Nc2ccc(C(=O)NCc3ccccn3)nc2)cc1. The van der Waals surface area contributed by atoms with E-state index >= 15 is 0 Å². The minimum absolute atomic E-state index is 0.0271. The van der Waals surface area contributed by atoms with Gasteiger partial charge in [-0.3, -0.25) is 14.6 Å². The molecule has 26 heavy (non-hydrogen) atoms. The first-order valence-electron chi connectivity index (χ1n) is 8.14. The molecule has 0 saturated carbocycles. The number of pyridine rings is 2. The van der Waals surface area contributed by atoms with Crippen molar-refractivity contribution in [1.82, 2.24) is 15.3 Å². The minimum Gasteiger partial charge on any atom is -0.354 e. The first kappa shape index (κ1) is 17.3. The Bertz CT molecular complexity index is 891. The zero-order chi connectivity index (χ0) is 18.4. The highest BCUT2D eigenvalue weighted by molar-refractivity contribution is 5.94. The van der Waals surface area contributed by atoms with Crippen molar-refractivity contribution in [1.29, 1.82) is 0 Å². The van der Waals surface area contributed by atoms with Gasteiger partial charge >= 0.3 is 0 Å². The van der Waals surface area contributed by atoms with E-state index in [4.69, 9.17) is 0 Å². The van der Waals surface area contributed by atoms with Crippen molar-refractivity contribution in [3.05, 3.63) is 83.9 Å². The topological polar surface area (TPSA) is 84.0 Å². The van der Waals surface area contributed by atoms with E-state index in [1.54, 1.807) is 36.7 Å². The lowest BCUT2D eigenvalue weighted by Crippen LogP contribution is -2.24. The van der Waals surface area contributed by atoms with Gasteiger partial charge in [-0.2, -0.15) is 0 Å². The number of nitrogens with one attached hydrogen (secondary N) is 2. The van der Waals surface area contributed by atoms with Gasteiger partial charge in [-0.25, -0.2) is 4.98 Å². The zero-order valence-corrected chi connectivity index (χ0v) is 14.3. The molecular formula is C20H18N4O2. The van der Waals surface area contributed by atoms with Crippen LogP contribution in [0.1, 0.15) is 33.5 Å². The number of anilines is 2. The molecule has 0 atom stereocenters. The van der Waals surface area contributed by atoms with Gasteiger partial charge in [-0.15, -0.1) is 0 Å². The van der Waals surface area contributed by atoms with Crippen LogP contribution in [0.25, 0.3) is 0 Å². The van der Waals surface area contributed by atoms with E-state index in [1.807, 2.05) is 30.3 Å². The lowest BCUT2D eigenvalue weighted by molar-refractivity contribution is 0.0944. The van der Waals surface area contributed by atoms with Crippen molar-refractivity contribution >= 4 is 23.1 Å². The van der Waals surface area contributed by atoms with Gasteiger partial charge in [0.05, 0.1) is 24.1 Å². The highest BCUT2D eigenvalue weighted by Gasteiger charge is 2.07. The van der Waals surface area contributed by atoms with Crippen LogP contribution < -0.4 is 10.6 Å². The largest absolute Gasteiger partial charge is 0.354 e. The number of hydrogen-bond acceptors (Lipinski definition) is 5. The number of ketones is 1. The predicted molar refractivity (Wildman–Crippen MR) is 99.4 cm³/mol. The number of Topliss-reactive ketones (excluding diaryl/α,β-unsaturated/α-hetero) is 1. The molecule has 0 spiro atoms. The van der Waals surface area contributed by atoms with E-state index < -0.39 is 0 Å². The predicted octanol–water partition coefficient (Wildman–Crippen LogP) is 3.35. The summed E-state index contributed by atoms with van der Waals surface area (Å²) in [4.78, 5) is 31.8. The molecule has 0 unspecified atom stereocenters. The van der Waals surface area contributed by atoms with E-state index in [1.165, 1.54) is 6.92 Å². The van der Waals surface area contributed by atoms with E-state index in [2.05, 4.69) is 20.6 Å². The number of carbonyl (C=O) groups is 2. The van der Waals surface area contributed by atoms with Gasteiger partial charge < -0.3 is 10.6 Å². The quantitative estimate of drug-likeness (QED) is 0.669. The summed E-state index contributed by atoms with van der Waals surface area (Å²) < 4.78 is 0. The van der Waals surface area contributed by atoms with Gasteiger partial charge in [0.15, 0.2) is 5.78 Å². The average Bonchev–Trinajstić information content (AvgIpc) is 2.68. The fraction of sp³-hybridized carbons (Fsp3) is 0.100. The van der Waals surface area contributed by atoms with Crippen LogP contribution in [0, 0.1) is 0 Å². The van der Waals surface area contributed by atoms with Crippen molar-refractivity contribution < 1.29 is 9.59 Å². The number of amides is 1. The summed E-state index contributed by atoms with van der Waals surface area (Å²) in [6, 6.07) is 16.1. The van der Waals surface area contributed by atoms with Crippen LogP contribution in [0.15, 0.2) is 67.0 Å². The Morgan fingerprint density at radius 2 is 1.69 bits per heavy atom. The van der Waals surface area contributed by atoms with Crippen LogP contribution in [0.4, 0.5) is 11.4 Å². The number of benzene rings is 1. The van der Waals surface area contributed by atoms with Crippen LogP contribution >= 0.6 is 0 Å². The Balaban J connectivity index is 1.59. The third kappa shape index (κ3) is 4.51. The Hall–Kier alpha value is -3.54. The number of nitrogens with zero attached hydrogens (tertiary/aromatic N) is 2. The summed E-state index contributed by atoms with van der Waals surface area (Å²) in [7, 11) is 0. The van der Waals surface area contributed by atoms with Crippen LogP contribution in [0.2, 0.25) is 0 Å². The number of hydrogen-bond donors (Lipinski definition) is 2. The molecule has 1 amide bonds. The Morgan fingerprint density at radius 1 is 0.923 bits per heavy atom. The molecule has 0 aliphatic carbocycles. The van der Waals surface area contributed by atoms with Crippen molar-refractivity contribution in [2.45, 2.75) is 13.5 Å². The number of carbonyl (C=O) groups excluding carboxylic acids is 2. The second-order valence-electron chi connectivity index (χ2n) is 5.69. The molecule has 2 heterocycles.